The highest BCUT2D eigenvalue weighted by Gasteiger charge is 2.17. The largest absolute Gasteiger partial charge is 0.453 e. The van der Waals surface area contributed by atoms with Crippen molar-refractivity contribution in [2.45, 2.75) is 0 Å². The lowest BCUT2D eigenvalue weighted by Gasteiger charge is -2.01. The predicted molar refractivity (Wildman–Crippen MR) is 76.1 cm³/mol. The number of carbonyl (C=O) groups excluding carboxylic acids is 1. The molecule has 0 bridgehead atoms. The summed E-state index contributed by atoms with van der Waals surface area (Å²) in [4.78, 5) is 12.3. The summed E-state index contributed by atoms with van der Waals surface area (Å²) < 4.78 is 18.5. The molecule has 3 aromatic rings. The summed E-state index contributed by atoms with van der Waals surface area (Å²) in [6, 6.07) is 10.1. The van der Waals surface area contributed by atoms with Crippen molar-refractivity contribution in [1.82, 2.24) is 0 Å². The van der Waals surface area contributed by atoms with Gasteiger partial charge in [-0.1, -0.05) is 23.2 Å². The summed E-state index contributed by atoms with van der Waals surface area (Å²) in [7, 11) is 0. The van der Waals surface area contributed by atoms with E-state index in [0.29, 0.717) is 16.0 Å². The Morgan fingerprint density at radius 1 is 1.05 bits per heavy atom. The molecule has 0 aliphatic heterocycles. The van der Waals surface area contributed by atoms with Gasteiger partial charge in [-0.3, -0.25) is 4.79 Å². The van der Waals surface area contributed by atoms with E-state index in [1.165, 1.54) is 36.4 Å². The van der Waals surface area contributed by atoms with E-state index in [-0.39, 0.29) is 27.9 Å². The normalized spacial score (nSPS) is 10.9. The zero-order valence-electron chi connectivity index (χ0n) is 9.99. The third-order valence-electron chi connectivity index (χ3n) is 2.88. The van der Waals surface area contributed by atoms with Gasteiger partial charge in [0.1, 0.15) is 11.4 Å². The number of fused-ring (bicyclic) bond motifs is 1. The number of ketones is 1. The number of rotatable bonds is 2. The van der Waals surface area contributed by atoms with Crippen LogP contribution in [0.4, 0.5) is 4.39 Å². The van der Waals surface area contributed by atoms with Gasteiger partial charge in [0.2, 0.25) is 5.78 Å². The topological polar surface area (TPSA) is 30.2 Å². The first kappa shape index (κ1) is 13.2. The van der Waals surface area contributed by atoms with E-state index < -0.39 is 0 Å². The van der Waals surface area contributed by atoms with Crippen LogP contribution in [0, 0.1) is 5.82 Å². The molecule has 0 aliphatic carbocycles. The van der Waals surface area contributed by atoms with Gasteiger partial charge in [0.15, 0.2) is 5.76 Å². The monoisotopic (exact) mass is 308 g/mol. The fraction of sp³-hybridized carbons (Fsp3) is 0. The number of hydrogen-bond acceptors (Lipinski definition) is 2. The SMILES string of the molecule is O=C(c1cc2cc(F)ccc2o1)c1ccc(Cl)cc1Cl. The lowest BCUT2D eigenvalue weighted by atomic mass is 10.1. The van der Waals surface area contributed by atoms with Crippen LogP contribution in [0.1, 0.15) is 16.1 Å². The Morgan fingerprint density at radius 2 is 1.85 bits per heavy atom. The Balaban J connectivity index is 2.08. The van der Waals surface area contributed by atoms with Crippen molar-refractivity contribution in [3.8, 4) is 0 Å². The summed E-state index contributed by atoms with van der Waals surface area (Å²) in [6.07, 6.45) is 0. The molecule has 0 N–H and O–H groups in total. The molecule has 1 heterocycles. The van der Waals surface area contributed by atoms with Crippen LogP contribution in [-0.4, -0.2) is 5.78 Å². The quantitative estimate of drug-likeness (QED) is 0.616. The molecule has 1 aromatic heterocycles. The Kier molecular flexibility index (Phi) is 3.24. The summed E-state index contributed by atoms with van der Waals surface area (Å²) >= 11 is 11.8. The number of hydrogen-bond donors (Lipinski definition) is 0. The van der Waals surface area contributed by atoms with Gasteiger partial charge in [0.05, 0.1) is 5.02 Å². The summed E-state index contributed by atoms with van der Waals surface area (Å²) in [5.41, 5.74) is 0.732. The maximum atomic E-state index is 13.1. The van der Waals surface area contributed by atoms with Crippen molar-refractivity contribution in [2.24, 2.45) is 0 Å². The van der Waals surface area contributed by atoms with E-state index in [1.54, 1.807) is 6.07 Å². The van der Waals surface area contributed by atoms with Gasteiger partial charge in [0.25, 0.3) is 0 Å². The number of carbonyl (C=O) groups is 1. The summed E-state index contributed by atoms with van der Waals surface area (Å²) in [5, 5.41) is 1.21. The molecule has 0 amide bonds. The fourth-order valence-corrected chi connectivity index (χ4v) is 2.43. The van der Waals surface area contributed by atoms with E-state index in [9.17, 15) is 9.18 Å². The number of furan rings is 1. The molecular weight excluding hydrogens is 302 g/mol. The van der Waals surface area contributed by atoms with Crippen molar-refractivity contribution in [2.75, 3.05) is 0 Å². The van der Waals surface area contributed by atoms with Crippen molar-refractivity contribution >= 4 is 40.0 Å². The summed E-state index contributed by atoms with van der Waals surface area (Å²) in [5.74, 6) is -0.653. The summed E-state index contributed by atoms with van der Waals surface area (Å²) in [6.45, 7) is 0. The minimum absolute atomic E-state index is 0.106. The highest BCUT2D eigenvalue weighted by molar-refractivity contribution is 6.37. The second kappa shape index (κ2) is 4.93. The Bertz CT molecular complexity index is 824. The first-order valence-electron chi connectivity index (χ1n) is 5.73. The van der Waals surface area contributed by atoms with Crippen LogP contribution >= 0.6 is 23.2 Å². The van der Waals surface area contributed by atoms with E-state index in [1.807, 2.05) is 0 Å². The lowest BCUT2D eigenvalue weighted by molar-refractivity contribution is 0.101. The minimum Gasteiger partial charge on any atom is -0.453 e. The number of halogens is 3. The average Bonchev–Trinajstić information content (AvgIpc) is 2.81. The minimum atomic E-state index is -0.387. The second-order valence-electron chi connectivity index (χ2n) is 4.25. The van der Waals surface area contributed by atoms with Crippen LogP contribution in [-0.2, 0) is 0 Å². The van der Waals surface area contributed by atoms with Gasteiger partial charge in [-0.2, -0.15) is 0 Å². The molecule has 0 unspecified atom stereocenters. The number of benzene rings is 2. The third-order valence-corrected chi connectivity index (χ3v) is 3.43. The van der Waals surface area contributed by atoms with Crippen LogP contribution in [0.15, 0.2) is 46.9 Å². The molecule has 0 atom stereocenters. The highest BCUT2D eigenvalue weighted by atomic mass is 35.5. The molecule has 0 radical (unpaired) electrons. The molecule has 0 spiro atoms. The standard InChI is InChI=1S/C15H7Cl2FO2/c16-9-1-3-11(12(17)7-9)15(19)14-6-8-5-10(18)2-4-13(8)20-14/h1-7H. The molecule has 100 valence electrons. The van der Waals surface area contributed by atoms with Crippen molar-refractivity contribution in [3.05, 3.63) is 69.7 Å². The molecule has 0 saturated carbocycles. The van der Waals surface area contributed by atoms with Gasteiger partial charge in [-0.25, -0.2) is 4.39 Å². The zero-order chi connectivity index (χ0) is 14.3. The molecule has 0 fully saturated rings. The maximum Gasteiger partial charge on any atom is 0.229 e. The van der Waals surface area contributed by atoms with Crippen molar-refractivity contribution in [1.29, 1.82) is 0 Å². The average molecular weight is 309 g/mol. The van der Waals surface area contributed by atoms with Crippen molar-refractivity contribution in [3.63, 3.8) is 0 Å². The lowest BCUT2D eigenvalue weighted by Crippen LogP contribution is -2.00. The second-order valence-corrected chi connectivity index (χ2v) is 5.09. The van der Waals surface area contributed by atoms with E-state index in [4.69, 9.17) is 27.6 Å². The smallest absolute Gasteiger partial charge is 0.229 e. The maximum absolute atomic E-state index is 13.1. The molecule has 0 saturated heterocycles. The zero-order valence-corrected chi connectivity index (χ0v) is 11.5. The van der Waals surface area contributed by atoms with Gasteiger partial charge >= 0.3 is 0 Å². The van der Waals surface area contributed by atoms with Crippen LogP contribution in [0.25, 0.3) is 11.0 Å². The molecular formula is C15H7Cl2FO2. The van der Waals surface area contributed by atoms with E-state index in [0.717, 1.165) is 0 Å². The molecule has 0 aliphatic rings. The predicted octanol–water partition coefficient (Wildman–Crippen LogP) is 5.11. The van der Waals surface area contributed by atoms with E-state index >= 15 is 0 Å². The fourth-order valence-electron chi connectivity index (χ4n) is 1.93. The molecule has 20 heavy (non-hydrogen) atoms. The Hall–Kier alpha value is -1.84. The van der Waals surface area contributed by atoms with Crippen LogP contribution in [0.2, 0.25) is 10.0 Å². The molecule has 2 nitrogen and oxygen atoms in total. The van der Waals surface area contributed by atoms with Crippen LogP contribution in [0.3, 0.4) is 0 Å². The highest BCUT2D eigenvalue weighted by Crippen LogP contribution is 2.26. The van der Waals surface area contributed by atoms with Gasteiger partial charge in [0, 0.05) is 16.0 Å². The first-order chi connectivity index (χ1) is 9.54. The Labute approximate surface area is 123 Å². The van der Waals surface area contributed by atoms with E-state index in [2.05, 4.69) is 0 Å². The van der Waals surface area contributed by atoms with Crippen LogP contribution < -0.4 is 0 Å². The van der Waals surface area contributed by atoms with Gasteiger partial charge in [-0.15, -0.1) is 0 Å². The molecule has 3 rings (SSSR count). The third kappa shape index (κ3) is 2.30. The molecule has 5 heteroatoms. The molecule has 2 aromatic carbocycles. The van der Waals surface area contributed by atoms with Gasteiger partial charge in [-0.05, 0) is 42.5 Å². The first-order valence-corrected chi connectivity index (χ1v) is 6.49. The van der Waals surface area contributed by atoms with Crippen molar-refractivity contribution < 1.29 is 13.6 Å². The Morgan fingerprint density at radius 3 is 2.60 bits per heavy atom. The van der Waals surface area contributed by atoms with Crippen LogP contribution in [0.5, 0.6) is 0 Å². The van der Waals surface area contributed by atoms with Gasteiger partial charge < -0.3 is 4.42 Å².